The van der Waals surface area contributed by atoms with Gasteiger partial charge in [-0.05, 0) is 35.9 Å². The maximum atomic E-state index is 12.1. The van der Waals surface area contributed by atoms with Gasteiger partial charge in [-0.1, -0.05) is 40.9 Å². The zero-order valence-corrected chi connectivity index (χ0v) is 13.7. The van der Waals surface area contributed by atoms with Crippen molar-refractivity contribution in [2.75, 3.05) is 7.11 Å². The fourth-order valence-electron chi connectivity index (χ4n) is 1.68. The summed E-state index contributed by atoms with van der Waals surface area (Å²) in [6, 6.07) is 9.76. The molecule has 0 saturated carbocycles. The topological polar surface area (TPSA) is 50.7 Å². The number of methoxy groups -OCH3 is 1. The number of carbonyl (C=O) groups is 1. The predicted octanol–water partition coefficient (Wildman–Crippen LogP) is 4.42. The number of carbonyl (C=O) groups excluding carboxylic acids is 1. The number of hydrazone groups is 1. The van der Waals surface area contributed by atoms with Crippen molar-refractivity contribution in [3.63, 3.8) is 0 Å². The number of benzene rings is 2. The van der Waals surface area contributed by atoms with E-state index in [1.807, 2.05) is 0 Å². The van der Waals surface area contributed by atoms with E-state index in [0.29, 0.717) is 31.9 Å². The lowest BCUT2D eigenvalue weighted by atomic mass is 10.2. The smallest absolute Gasteiger partial charge is 0.275 e. The second-order valence-corrected chi connectivity index (χ2v) is 5.47. The van der Waals surface area contributed by atoms with Gasteiger partial charge in [-0.25, -0.2) is 5.43 Å². The molecule has 7 heteroatoms. The van der Waals surface area contributed by atoms with E-state index in [1.54, 1.807) is 30.3 Å². The zero-order chi connectivity index (χ0) is 16.1. The van der Waals surface area contributed by atoms with Gasteiger partial charge in [-0.3, -0.25) is 4.79 Å². The Hall–Kier alpha value is -1.75. The molecule has 0 unspecified atom stereocenters. The second kappa shape index (κ2) is 7.49. The highest BCUT2D eigenvalue weighted by Gasteiger charge is 2.12. The summed E-state index contributed by atoms with van der Waals surface area (Å²) in [5.74, 6) is -0.0257. The molecule has 22 heavy (non-hydrogen) atoms. The van der Waals surface area contributed by atoms with E-state index >= 15 is 0 Å². The minimum absolute atomic E-state index is 0.293. The highest BCUT2D eigenvalue weighted by atomic mass is 35.5. The summed E-state index contributed by atoms with van der Waals surface area (Å²) < 4.78 is 5.11. The largest absolute Gasteiger partial charge is 0.496 e. The molecule has 0 radical (unpaired) electrons. The molecule has 4 nitrogen and oxygen atoms in total. The number of hydrogen-bond donors (Lipinski definition) is 1. The monoisotopic (exact) mass is 356 g/mol. The Bertz CT molecular complexity index is 733. The third kappa shape index (κ3) is 4.13. The molecule has 0 aliphatic carbocycles. The average Bonchev–Trinajstić information content (AvgIpc) is 2.50. The van der Waals surface area contributed by atoms with Gasteiger partial charge in [0.05, 0.1) is 28.9 Å². The van der Waals surface area contributed by atoms with Crippen molar-refractivity contribution in [1.29, 1.82) is 0 Å². The minimum Gasteiger partial charge on any atom is -0.496 e. The number of hydrogen-bond acceptors (Lipinski definition) is 3. The molecule has 0 bridgehead atoms. The molecule has 0 aliphatic rings. The van der Waals surface area contributed by atoms with Crippen LogP contribution in [0, 0.1) is 0 Å². The Morgan fingerprint density at radius 3 is 2.59 bits per heavy atom. The van der Waals surface area contributed by atoms with Crippen LogP contribution in [0.25, 0.3) is 0 Å². The molecule has 0 spiro atoms. The first-order valence-corrected chi connectivity index (χ1v) is 7.26. The van der Waals surface area contributed by atoms with E-state index in [0.717, 1.165) is 0 Å². The third-order valence-electron chi connectivity index (χ3n) is 2.73. The van der Waals surface area contributed by atoms with Gasteiger partial charge in [0.25, 0.3) is 5.91 Å². The Balaban J connectivity index is 2.11. The molecular formula is C15H11Cl3N2O2. The molecule has 2 aromatic rings. The zero-order valence-electron chi connectivity index (χ0n) is 11.4. The fourth-order valence-corrected chi connectivity index (χ4v) is 2.15. The van der Waals surface area contributed by atoms with Gasteiger partial charge in [0.2, 0.25) is 0 Å². The quantitative estimate of drug-likeness (QED) is 0.650. The number of halogens is 3. The van der Waals surface area contributed by atoms with Gasteiger partial charge in [0.15, 0.2) is 0 Å². The fraction of sp³-hybridized carbons (Fsp3) is 0.0667. The predicted molar refractivity (Wildman–Crippen MR) is 89.5 cm³/mol. The Morgan fingerprint density at radius 1 is 1.14 bits per heavy atom. The lowest BCUT2D eigenvalue weighted by Gasteiger charge is -2.07. The number of amides is 1. The molecule has 1 N–H and O–H groups in total. The van der Waals surface area contributed by atoms with Crippen LogP contribution in [0.5, 0.6) is 5.75 Å². The normalized spacial score (nSPS) is 10.7. The number of nitrogens with zero attached hydrogens (tertiary/aromatic N) is 1. The molecule has 2 aromatic carbocycles. The van der Waals surface area contributed by atoms with Crippen LogP contribution in [0.1, 0.15) is 15.9 Å². The first-order chi connectivity index (χ1) is 10.5. The van der Waals surface area contributed by atoms with Gasteiger partial charge >= 0.3 is 0 Å². The molecule has 1 amide bonds. The molecule has 0 aliphatic heterocycles. The highest BCUT2D eigenvalue weighted by molar-refractivity contribution is 6.42. The van der Waals surface area contributed by atoms with Crippen LogP contribution in [0.2, 0.25) is 15.1 Å². The Labute approximate surface area is 142 Å². The number of ether oxygens (including phenoxy) is 1. The highest BCUT2D eigenvalue weighted by Crippen LogP contribution is 2.23. The lowest BCUT2D eigenvalue weighted by Crippen LogP contribution is -2.18. The molecule has 0 saturated heterocycles. The molecule has 0 heterocycles. The SMILES string of the molecule is COc1ccc(Cl)cc1C(=O)NN=Cc1ccc(Cl)c(Cl)c1. The summed E-state index contributed by atoms with van der Waals surface area (Å²) in [6.45, 7) is 0. The maximum Gasteiger partial charge on any atom is 0.275 e. The van der Waals surface area contributed by atoms with Gasteiger partial charge in [0, 0.05) is 5.02 Å². The van der Waals surface area contributed by atoms with Gasteiger partial charge in [-0.15, -0.1) is 0 Å². The van der Waals surface area contributed by atoms with Gasteiger partial charge in [0.1, 0.15) is 5.75 Å². The van der Waals surface area contributed by atoms with E-state index in [9.17, 15) is 4.79 Å². The summed E-state index contributed by atoms with van der Waals surface area (Å²) in [5, 5.41) is 5.16. The molecule has 0 fully saturated rings. The summed E-state index contributed by atoms with van der Waals surface area (Å²) >= 11 is 17.6. The second-order valence-electron chi connectivity index (χ2n) is 4.22. The Morgan fingerprint density at radius 2 is 1.91 bits per heavy atom. The summed E-state index contributed by atoms with van der Waals surface area (Å²) in [4.78, 5) is 12.1. The first kappa shape index (κ1) is 16.6. The third-order valence-corrected chi connectivity index (χ3v) is 3.70. The molecule has 2 rings (SSSR count). The van der Waals surface area contributed by atoms with Gasteiger partial charge < -0.3 is 4.74 Å². The van der Waals surface area contributed by atoms with Crippen molar-refractivity contribution < 1.29 is 9.53 Å². The van der Waals surface area contributed by atoms with Crippen molar-refractivity contribution in [3.8, 4) is 5.75 Å². The van der Waals surface area contributed by atoms with Crippen molar-refractivity contribution in [2.45, 2.75) is 0 Å². The van der Waals surface area contributed by atoms with Crippen LogP contribution < -0.4 is 10.2 Å². The van der Waals surface area contributed by atoms with E-state index in [2.05, 4.69) is 10.5 Å². The molecule has 0 atom stereocenters. The van der Waals surface area contributed by atoms with E-state index in [1.165, 1.54) is 19.4 Å². The van der Waals surface area contributed by atoms with E-state index in [4.69, 9.17) is 39.5 Å². The van der Waals surface area contributed by atoms with Crippen LogP contribution in [0.3, 0.4) is 0 Å². The number of rotatable bonds is 4. The average molecular weight is 358 g/mol. The van der Waals surface area contributed by atoms with Crippen molar-refractivity contribution in [2.24, 2.45) is 5.10 Å². The first-order valence-electron chi connectivity index (χ1n) is 6.13. The minimum atomic E-state index is -0.435. The molecule has 0 aromatic heterocycles. The van der Waals surface area contributed by atoms with E-state index in [-0.39, 0.29) is 0 Å². The van der Waals surface area contributed by atoms with Crippen molar-refractivity contribution in [3.05, 3.63) is 62.6 Å². The summed E-state index contributed by atoms with van der Waals surface area (Å²) in [6.07, 6.45) is 1.46. The van der Waals surface area contributed by atoms with Crippen molar-refractivity contribution >= 4 is 46.9 Å². The molecule has 114 valence electrons. The van der Waals surface area contributed by atoms with Crippen LogP contribution in [0.15, 0.2) is 41.5 Å². The van der Waals surface area contributed by atoms with Crippen LogP contribution in [0.4, 0.5) is 0 Å². The summed E-state index contributed by atoms with van der Waals surface area (Å²) in [5.41, 5.74) is 3.39. The van der Waals surface area contributed by atoms with Crippen LogP contribution in [-0.2, 0) is 0 Å². The number of nitrogens with one attached hydrogen (secondary N) is 1. The standard InChI is InChI=1S/C15H11Cl3N2O2/c1-22-14-5-3-10(16)7-11(14)15(21)20-19-8-9-2-4-12(17)13(18)6-9/h2-8H,1H3,(H,20,21). The van der Waals surface area contributed by atoms with Crippen LogP contribution >= 0.6 is 34.8 Å². The maximum absolute atomic E-state index is 12.1. The van der Waals surface area contributed by atoms with Crippen molar-refractivity contribution in [1.82, 2.24) is 5.43 Å². The lowest BCUT2D eigenvalue weighted by molar-refractivity contribution is 0.0952. The van der Waals surface area contributed by atoms with Gasteiger partial charge in [-0.2, -0.15) is 5.10 Å². The van der Waals surface area contributed by atoms with E-state index < -0.39 is 5.91 Å². The Kier molecular flexibility index (Phi) is 5.66. The summed E-state index contributed by atoms with van der Waals surface area (Å²) in [7, 11) is 1.47. The molecular weight excluding hydrogens is 347 g/mol. The van der Waals surface area contributed by atoms with Crippen LogP contribution in [-0.4, -0.2) is 19.2 Å².